The number of hydrogen-bond donors (Lipinski definition) is 1. The zero-order valence-electron chi connectivity index (χ0n) is 11.0. The summed E-state index contributed by atoms with van der Waals surface area (Å²) in [6.45, 7) is 0. The molecule has 1 unspecified atom stereocenters. The SMILES string of the molecule is O=[N+]([O-])c1ccc(C2CC(c3ccc(F)cc3)=NN2)cc1. The molecule has 0 spiro atoms. The first-order valence-corrected chi connectivity index (χ1v) is 6.46. The molecular weight excluding hydrogens is 273 g/mol. The van der Waals surface area contributed by atoms with Gasteiger partial charge in [-0.3, -0.25) is 10.1 Å². The molecule has 1 heterocycles. The monoisotopic (exact) mass is 285 g/mol. The van der Waals surface area contributed by atoms with Crippen molar-refractivity contribution in [1.29, 1.82) is 0 Å². The lowest BCUT2D eigenvalue weighted by atomic mass is 9.99. The Hall–Kier alpha value is -2.76. The molecule has 0 bridgehead atoms. The first-order valence-electron chi connectivity index (χ1n) is 6.46. The van der Waals surface area contributed by atoms with Crippen LogP contribution in [0.3, 0.4) is 0 Å². The Bertz CT molecular complexity index is 696. The summed E-state index contributed by atoms with van der Waals surface area (Å²) in [7, 11) is 0. The smallest absolute Gasteiger partial charge is 0.269 e. The molecule has 106 valence electrons. The van der Waals surface area contributed by atoms with Crippen LogP contribution in [0.25, 0.3) is 0 Å². The number of nitrogens with zero attached hydrogens (tertiary/aromatic N) is 2. The predicted molar refractivity (Wildman–Crippen MR) is 76.5 cm³/mol. The summed E-state index contributed by atoms with van der Waals surface area (Å²) >= 11 is 0. The highest BCUT2D eigenvalue weighted by atomic mass is 19.1. The number of nitro benzene ring substituents is 1. The minimum atomic E-state index is -0.424. The van der Waals surface area contributed by atoms with Crippen LogP contribution in [0.1, 0.15) is 23.6 Å². The van der Waals surface area contributed by atoms with Crippen molar-refractivity contribution >= 4 is 11.4 Å². The molecule has 1 aliphatic heterocycles. The molecule has 2 aromatic rings. The molecule has 0 radical (unpaired) electrons. The summed E-state index contributed by atoms with van der Waals surface area (Å²) < 4.78 is 12.9. The minimum absolute atomic E-state index is 0.0224. The van der Waals surface area contributed by atoms with Crippen LogP contribution in [0.2, 0.25) is 0 Å². The van der Waals surface area contributed by atoms with Crippen LogP contribution in [-0.4, -0.2) is 10.6 Å². The minimum Gasteiger partial charge on any atom is -0.302 e. The summed E-state index contributed by atoms with van der Waals surface area (Å²) in [6, 6.07) is 12.6. The van der Waals surface area contributed by atoms with Crippen molar-refractivity contribution in [1.82, 2.24) is 5.43 Å². The van der Waals surface area contributed by atoms with Crippen LogP contribution in [0.15, 0.2) is 53.6 Å². The summed E-state index contributed by atoms with van der Waals surface area (Å²) in [4.78, 5) is 10.2. The molecule has 2 aromatic carbocycles. The van der Waals surface area contributed by atoms with E-state index in [2.05, 4.69) is 10.5 Å². The second-order valence-electron chi connectivity index (χ2n) is 4.80. The van der Waals surface area contributed by atoms with Crippen molar-refractivity contribution in [3.63, 3.8) is 0 Å². The van der Waals surface area contributed by atoms with E-state index >= 15 is 0 Å². The van der Waals surface area contributed by atoms with E-state index in [1.165, 1.54) is 24.3 Å². The van der Waals surface area contributed by atoms with Gasteiger partial charge in [-0.2, -0.15) is 5.10 Å². The molecule has 0 aliphatic carbocycles. The molecule has 1 atom stereocenters. The van der Waals surface area contributed by atoms with Crippen LogP contribution in [-0.2, 0) is 0 Å². The fourth-order valence-electron chi connectivity index (χ4n) is 2.29. The van der Waals surface area contributed by atoms with Gasteiger partial charge in [0, 0.05) is 18.6 Å². The number of halogens is 1. The van der Waals surface area contributed by atoms with Crippen LogP contribution in [0, 0.1) is 15.9 Å². The van der Waals surface area contributed by atoms with Crippen molar-refractivity contribution in [3.05, 3.63) is 75.6 Å². The Labute approximate surface area is 120 Å². The van der Waals surface area contributed by atoms with Crippen LogP contribution < -0.4 is 5.43 Å². The van der Waals surface area contributed by atoms with Crippen molar-refractivity contribution in [2.75, 3.05) is 0 Å². The van der Waals surface area contributed by atoms with Crippen molar-refractivity contribution in [2.24, 2.45) is 5.10 Å². The van der Waals surface area contributed by atoms with Gasteiger partial charge in [-0.15, -0.1) is 0 Å². The number of nitro groups is 1. The van der Waals surface area contributed by atoms with Gasteiger partial charge in [-0.1, -0.05) is 24.3 Å². The number of hydrazone groups is 1. The second-order valence-corrected chi connectivity index (χ2v) is 4.80. The molecular formula is C15H12FN3O2. The topological polar surface area (TPSA) is 67.5 Å². The Kier molecular flexibility index (Phi) is 3.35. The lowest BCUT2D eigenvalue weighted by molar-refractivity contribution is -0.384. The maximum Gasteiger partial charge on any atom is 0.269 e. The number of hydrogen-bond acceptors (Lipinski definition) is 4. The van der Waals surface area contributed by atoms with Gasteiger partial charge in [0.05, 0.1) is 16.7 Å². The Morgan fingerprint density at radius 2 is 1.81 bits per heavy atom. The van der Waals surface area contributed by atoms with Crippen molar-refractivity contribution < 1.29 is 9.31 Å². The third-order valence-electron chi connectivity index (χ3n) is 3.44. The zero-order valence-corrected chi connectivity index (χ0v) is 11.0. The Balaban J connectivity index is 1.73. The highest BCUT2D eigenvalue weighted by molar-refractivity contribution is 6.01. The molecule has 0 fully saturated rings. The van der Waals surface area contributed by atoms with E-state index < -0.39 is 4.92 Å². The first kappa shape index (κ1) is 13.2. The largest absolute Gasteiger partial charge is 0.302 e. The average Bonchev–Trinajstić information content (AvgIpc) is 2.98. The zero-order chi connectivity index (χ0) is 14.8. The Morgan fingerprint density at radius 1 is 1.14 bits per heavy atom. The molecule has 5 nitrogen and oxygen atoms in total. The average molecular weight is 285 g/mol. The van der Waals surface area contributed by atoms with Gasteiger partial charge in [0.25, 0.3) is 5.69 Å². The molecule has 6 heteroatoms. The van der Waals surface area contributed by atoms with Gasteiger partial charge in [0.2, 0.25) is 0 Å². The molecule has 0 saturated heterocycles. The lowest BCUT2D eigenvalue weighted by Gasteiger charge is -2.09. The molecule has 1 aliphatic rings. The lowest BCUT2D eigenvalue weighted by Crippen LogP contribution is -2.09. The van der Waals surface area contributed by atoms with Gasteiger partial charge in [-0.25, -0.2) is 4.39 Å². The highest BCUT2D eigenvalue weighted by Gasteiger charge is 2.21. The predicted octanol–water partition coefficient (Wildman–Crippen LogP) is 3.17. The third kappa shape index (κ3) is 2.74. The quantitative estimate of drug-likeness (QED) is 0.695. The van der Waals surface area contributed by atoms with E-state index in [4.69, 9.17) is 0 Å². The maximum absolute atomic E-state index is 12.9. The van der Waals surface area contributed by atoms with Crippen LogP contribution in [0.4, 0.5) is 10.1 Å². The van der Waals surface area contributed by atoms with Crippen molar-refractivity contribution in [2.45, 2.75) is 12.5 Å². The normalized spacial score (nSPS) is 17.2. The standard InChI is InChI=1S/C15H12FN3O2/c16-12-5-1-10(2-6-12)14-9-15(18-17-14)11-3-7-13(8-4-11)19(20)21/h1-8,15,18H,9H2. The molecule has 0 aromatic heterocycles. The number of rotatable bonds is 3. The van der Waals surface area contributed by atoms with Gasteiger partial charge >= 0.3 is 0 Å². The van der Waals surface area contributed by atoms with Gasteiger partial charge in [0.15, 0.2) is 0 Å². The van der Waals surface area contributed by atoms with Gasteiger partial charge in [-0.05, 0) is 23.3 Å². The van der Waals surface area contributed by atoms with Gasteiger partial charge in [0.1, 0.15) is 5.82 Å². The number of benzene rings is 2. The van der Waals surface area contributed by atoms with Crippen molar-refractivity contribution in [3.8, 4) is 0 Å². The molecule has 3 rings (SSSR count). The molecule has 21 heavy (non-hydrogen) atoms. The van der Waals surface area contributed by atoms with E-state index in [1.54, 1.807) is 24.3 Å². The van der Waals surface area contributed by atoms with E-state index in [9.17, 15) is 14.5 Å². The molecule has 1 N–H and O–H groups in total. The number of non-ortho nitro benzene ring substituents is 1. The van der Waals surface area contributed by atoms with E-state index in [0.29, 0.717) is 6.42 Å². The third-order valence-corrected chi connectivity index (χ3v) is 3.44. The summed E-state index contributed by atoms with van der Waals surface area (Å²) in [5.74, 6) is -0.280. The second kappa shape index (κ2) is 5.32. The van der Waals surface area contributed by atoms with Gasteiger partial charge < -0.3 is 5.43 Å². The van der Waals surface area contributed by atoms with Crippen LogP contribution in [0.5, 0.6) is 0 Å². The van der Waals surface area contributed by atoms with Crippen LogP contribution >= 0.6 is 0 Å². The first-order chi connectivity index (χ1) is 10.1. The fourth-order valence-corrected chi connectivity index (χ4v) is 2.29. The Morgan fingerprint density at radius 3 is 2.43 bits per heavy atom. The summed E-state index contributed by atoms with van der Waals surface area (Å²) in [6.07, 6.45) is 0.656. The number of nitrogens with one attached hydrogen (secondary N) is 1. The summed E-state index contributed by atoms with van der Waals surface area (Å²) in [5, 5.41) is 14.9. The fraction of sp³-hybridized carbons (Fsp3) is 0.133. The highest BCUT2D eigenvalue weighted by Crippen LogP contribution is 2.26. The molecule has 0 saturated carbocycles. The summed E-state index contributed by atoms with van der Waals surface area (Å²) in [5.41, 5.74) is 5.72. The maximum atomic E-state index is 12.9. The van der Waals surface area contributed by atoms with E-state index in [0.717, 1.165) is 16.8 Å². The van der Waals surface area contributed by atoms with E-state index in [1.807, 2.05) is 0 Å². The molecule has 0 amide bonds. The van der Waals surface area contributed by atoms with E-state index in [-0.39, 0.29) is 17.5 Å².